The van der Waals surface area contributed by atoms with Gasteiger partial charge in [0.25, 0.3) is 0 Å². The van der Waals surface area contributed by atoms with E-state index in [0.29, 0.717) is 17.2 Å². The molecule has 0 aliphatic heterocycles. The zero-order chi connectivity index (χ0) is 13.4. The number of benzene rings is 1. The van der Waals surface area contributed by atoms with Crippen LogP contribution in [0.2, 0.25) is 5.02 Å². The van der Waals surface area contributed by atoms with Crippen molar-refractivity contribution in [2.24, 2.45) is 0 Å². The largest absolute Gasteiger partial charge is 0.396 e. The van der Waals surface area contributed by atoms with Gasteiger partial charge in [-0.15, -0.1) is 11.8 Å². The van der Waals surface area contributed by atoms with E-state index >= 15 is 0 Å². The quantitative estimate of drug-likeness (QED) is 0.758. The second kappa shape index (κ2) is 8.40. The highest BCUT2D eigenvalue weighted by Crippen LogP contribution is 2.26. The molecule has 0 saturated carbocycles. The van der Waals surface area contributed by atoms with Crippen molar-refractivity contribution in [2.75, 3.05) is 12.4 Å². The summed E-state index contributed by atoms with van der Waals surface area (Å²) in [6.07, 6.45) is 1.42. The van der Waals surface area contributed by atoms with Crippen LogP contribution in [0.1, 0.15) is 19.8 Å². The van der Waals surface area contributed by atoms with Crippen molar-refractivity contribution >= 4 is 29.3 Å². The molecule has 0 aliphatic carbocycles. The lowest BCUT2D eigenvalue weighted by molar-refractivity contribution is -0.119. The predicted molar refractivity (Wildman–Crippen MR) is 76.1 cm³/mol. The first-order valence-electron chi connectivity index (χ1n) is 5.95. The van der Waals surface area contributed by atoms with Crippen LogP contribution in [0.15, 0.2) is 29.2 Å². The summed E-state index contributed by atoms with van der Waals surface area (Å²) in [5.74, 6) is 0.311. The zero-order valence-corrected chi connectivity index (χ0v) is 11.9. The van der Waals surface area contributed by atoms with E-state index < -0.39 is 0 Å². The number of aliphatic hydroxyl groups excluding tert-OH is 1. The third-order valence-corrected chi connectivity index (χ3v) is 4.05. The highest BCUT2D eigenvalue weighted by molar-refractivity contribution is 8.00. The SMILES string of the molecule is CCC(CCO)NC(=O)CSc1ccccc1Cl. The molecule has 5 heteroatoms. The Kier molecular flexibility index (Phi) is 7.16. The Morgan fingerprint density at radius 1 is 1.50 bits per heavy atom. The molecule has 0 aromatic heterocycles. The third kappa shape index (κ3) is 5.29. The summed E-state index contributed by atoms with van der Waals surface area (Å²) < 4.78 is 0. The number of rotatable bonds is 7. The van der Waals surface area contributed by atoms with Crippen molar-refractivity contribution in [3.05, 3.63) is 29.3 Å². The van der Waals surface area contributed by atoms with Gasteiger partial charge in [0.05, 0.1) is 10.8 Å². The second-order valence-electron chi connectivity index (χ2n) is 3.90. The van der Waals surface area contributed by atoms with Crippen molar-refractivity contribution in [3.63, 3.8) is 0 Å². The van der Waals surface area contributed by atoms with E-state index in [9.17, 15) is 4.79 Å². The van der Waals surface area contributed by atoms with E-state index in [-0.39, 0.29) is 18.6 Å². The molecule has 0 radical (unpaired) electrons. The number of carbonyl (C=O) groups excluding carboxylic acids is 1. The summed E-state index contributed by atoms with van der Waals surface area (Å²) >= 11 is 7.42. The Balaban J connectivity index is 2.39. The van der Waals surface area contributed by atoms with Gasteiger partial charge in [-0.1, -0.05) is 30.7 Å². The van der Waals surface area contributed by atoms with Gasteiger partial charge in [0, 0.05) is 17.5 Å². The first-order chi connectivity index (χ1) is 8.67. The number of aliphatic hydroxyl groups is 1. The molecule has 1 unspecified atom stereocenters. The molecule has 1 rings (SSSR count). The van der Waals surface area contributed by atoms with Gasteiger partial charge in [-0.3, -0.25) is 4.79 Å². The summed E-state index contributed by atoms with van der Waals surface area (Å²) in [7, 11) is 0. The minimum Gasteiger partial charge on any atom is -0.396 e. The molecule has 0 fully saturated rings. The van der Waals surface area contributed by atoms with Crippen LogP contribution in [0, 0.1) is 0 Å². The number of nitrogens with one attached hydrogen (secondary N) is 1. The Morgan fingerprint density at radius 3 is 2.83 bits per heavy atom. The molecule has 3 nitrogen and oxygen atoms in total. The van der Waals surface area contributed by atoms with E-state index in [4.69, 9.17) is 16.7 Å². The van der Waals surface area contributed by atoms with E-state index in [1.807, 2.05) is 31.2 Å². The topological polar surface area (TPSA) is 49.3 Å². The second-order valence-corrected chi connectivity index (χ2v) is 5.33. The maximum absolute atomic E-state index is 11.7. The summed E-state index contributed by atoms with van der Waals surface area (Å²) in [6, 6.07) is 7.51. The van der Waals surface area contributed by atoms with Gasteiger partial charge in [0.2, 0.25) is 5.91 Å². The van der Waals surface area contributed by atoms with Crippen LogP contribution in [0.4, 0.5) is 0 Å². The molecule has 0 saturated heterocycles. The van der Waals surface area contributed by atoms with Gasteiger partial charge in [0.1, 0.15) is 0 Å². The van der Waals surface area contributed by atoms with Crippen LogP contribution in [0.3, 0.4) is 0 Å². The summed E-state index contributed by atoms with van der Waals surface area (Å²) in [5.41, 5.74) is 0. The highest BCUT2D eigenvalue weighted by atomic mass is 35.5. The van der Waals surface area contributed by atoms with Crippen molar-refractivity contribution < 1.29 is 9.90 Å². The van der Waals surface area contributed by atoms with Crippen LogP contribution in [-0.4, -0.2) is 29.4 Å². The summed E-state index contributed by atoms with van der Waals surface area (Å²) in [4.78, 5) is 12.6. The number of hydrogen-bond acceptors (Lipinski definition) is 3. The fourth-order valence-corrected chi connectivity index (χ4v) is 2.56. The minimum atomic E-state index is -0.0276. The average Bonchev–Trinajstić information content (AvgIpc) is 2.37. The molecule has 100 valence electrons. The lowest BCUT2D eigenvalue weighted by atomic mass is 10.1. The van der Waals surface area contributed by atoms with Crippen LogP contribution < -0.4 is 5.32 Å². The molecule has 0 aliphatic rings. The van der Waals surface area contributed by atoms with Crippen LogP contribution in [0.5, 0.6) is 0 Å². The Hall–Kier alpha value is -0.710. The van der Waals surface area contributed by atoms with Gasteiger partial charge >= 0.3 is 0 Å². The highest BCUT2D eigenvalue weighted by Gasteiger charge is 2.10. The fraction of sp³-hybridized carbons (Fsp3) is 0.462. The van der Waals surface area contributed by atoms with Crippen LogP contribution >= 0.6 is 23.4 Å². The summed E-state index contributed by atoms with van der Waals surface area (Å²) in [6.45, 7) is 2.08. The van der Waals surface area contributed by atoms with Gasteiger partial charge in [-0.2, -0.15) is 0 Å². The molecule has 1 atom stereocenters. The molecule has 0 spiro atoms. The fourth-order valence-electron chi connectivity index (χ4n) is 1.51. The van der Waals surface area contributed by atoms with E-state index in [0.717, 1.165) is 11.3 Å². The van der Waals surface area contributed by atoms with E-state index in [2.05, 4.69) is 5.32 Å². The smallest absolute Gasteiger partial charge is 0.230 e. The number of thioether (sulfide) groups is 1. The molecule has 0 heterocycles. The molecule has 1 aromatic rings. The third-order valence-electron chi connectivity index (χ3n) is 2.53. The Labute approximate surface area is 117 Å². The van der Waals surface area contributed by atoms with E-state index in [1.54, 1.807) is 0 Å². The molecule has 0 bridgehead atoms. The maximum Gasteiger partial charge on any atom is 0.230 e. The number of carbonyl (C=O) groups is 1. The minimum absolute atomic E-state index is 0.0276. The standard InChI is InChI=1S/C13H18ClNO2S/c1-2-10(7-8-16)15-13(17)9-18-12-6-4-3-5-11(12)14/h3-6,10,16H,2,7-9H2,1H3,(H,15,17). The predicted octanol–water partition coefficient (Wildman–Crippen LogP) is 2.71. The van der Waals surface area contributed by atoms with Gasteiger partial charge < -0.3 is 10.4 Å². The van der Waals surface area contributed by atoms with Gasteiger partial charge in [-0.25, -0.2) is 0 Å². The van der Waals surface area contributed by atoms with E-state index in [1.165, 1.54) is 11.8 Å². The lowest BCUT2D eigenvalue weighted by Crippen LogP contribution is -2.36. The lowest BCUT2D eigenvalue weighted by Gasteiger charge is -2.15. The first kappa shape index (κ1) is 15.3. The summed E-state index contributed by atoms with van der Waals surface area (Å²) in [5, 5.41) is 12.4. The van der Waals surface area contributed by atoms with Crippen molar-refractivity contribution in [1.82, 2.24) is 5.32 Å². The van der Waals surface area contributed by atoms with Gasteiger partial charge in [-0.05, 0) is 25.0 Å². The normalized spacial score (nSPS) is 12.2. The van der Waals surface area contributed by atoms with Crippen molar-refractivity contribution in [2.45, 2.75) is 30.7 Å². The molecule has 18 heavy (non-hydrogen) atoms. The molecular weight excluding hydrogens is 270 g/mol. The maximum atomic E-state index is 11.7. The molecule has 1 aromatic carbocycles. The molecule has 1 amide bonds. The number of amides is 1. The van der Waals surface area contributed by atoms with Crippen LogP contribution in [0.25, 0.3) is 0 Å². The van der Waals surface area contributed by atoms with Crippen molar-refractivity contribution in [1.29, 1.82) is 0 Å². The van der Waals surface area contributed by atoms with Gasteiger partial charge in [0.15, 0.2) is 0 Å². The number of hydrogen-bond donors (Lipinski definition) is 2. The van der Waals surface area contributed by atoms with Crippen LogP contribution in [-0.2, 0) is 4.79 Å². The monoisotopic (exact) mass is 287 g/mol. The Morgan fingerprint density at radius 2 is 2.22 bits per heavy atom. The number of halogens is 1. The molecule has 2 N–H and O–H groups in total. The van der Waals surface area contributed by atoms with Crippen molar-refractivity contribution in [3.8, 4) is 0 Å². The average molecular weight is 288 g/mol. The zero-order valence-electron chi connectivity index (χ0n) is 10.4. The Bertz CT molecular complexity index is 387. The molecular formula is C13H18ClNO2S. The first-order valence-corrected chi connectivity index (χ1v) is 7.31.